The van der Waals surface area contributed by atoms with Crippen LogP contribution in [-0.2, 0) is 0 Å². The third kappa shape index (κ3) is 2.08. The first-order valence-corrected chi connectivity index (χ1v) is 6.18. The van der Waals surface area contributed by atoms with Gasteiger partial charge in [-0.2, -0.15) is 0 Å². The molecule has 0 aliphatic carbocycles. The van der Waals surface area contributed by atoms with Crippen molar-refractivity contribution in [2.75, 3.05) is 7.11 Å². The molecule has 0 spiro atoms. The SMILES string of the molecule is COc1ccc([Si+](C)C)cc1. The minimum atomic E-state index is -0.292. The maximum Gasteiger partial charge on any atom is 0.345 e. The Morgan fingerprint density at radius 2 is 1.64 bits per heavy atom. The maximum absolute atomic E-state index is 5.06. The van der Waals surface area contributed by atoms with Crippen LogP contribution in [0.2, 0.25) is 13.1 Å². The van der Waals surface area contributed by atoms with Gasteiger partial charge in [-0.3, -0.25) is 0 Å². The average molecular weight is 165 g/mol. The van der Waals surface area contributed by atoms with E-state index in [1.54, 1.807) is 7.11 Å². The molecule has 0 fully saturated rings. The Labute approximate surface area is 69.6 Å². The second-order valence-corrected chi connectivity index (χ2v) is 5.31. The summed E-state index contributed by atoms with van der Waals surface area (Å²) in [7, 11) is 1.40. The summed E-state index contributed by atoms with van der Waals surface area (Å²) in [5, 5.41) is 1.45. The van der Waals surface area contributed by atoms with Gasteiger partial charge >= 0.3 is 8.80 Å². The van der Waals surface area contributed by atoms with Crippen LogP contribution in [0.4, 0.5) is 0 Å². The zero-order chi connectivity index (χ0) is 8.27. The highest BCUT2D eigenvalue weighted by molar-refractivity contribution is 6.70. The number of rotatable bonds is 2. The molecule has 0 aliphatic rings. The van der Waals surface area contributed by atoms with Crippen LogP contribution in [0, 0.1) is 0 Å². The lowest BCUT2D eigenvalue weighted by atomic mass is 10.3. The third-order valence-electron chi connectivity index (χ3n) is 1.67. The molecule has 1 aromatic carbocycles. The van der Waals surface area contributed by atoms with Crippen molar-refractivity contribution in [3.8, 4) is 5.75 Å². The lowest BCUT2D eigenvalue weighted by Gasteiger charge is -1.97. The zero-order valence-electron chi connectivity index (χ0n) is 7.22. The summed E-state index contributed by atoms with van der Waals surface area (Å²) >= 11 is 0. The van der Waals surface area contributed by atoms with E-state index < -0.39 is 0 Å². The van der Waals surface area contributed by atoms with Crippen LogP contribution in [0.1, 0.15) is 0 Å². The van der Waals surface area contributed by atoms with Crippen molar-refractivity contribution >= 4 is 14.0 Å². The van der Waals surface area contributed by atoms with Gasteiger partial charge in [0.1, 0.15) is 5.75 Å². The minimum absolute atomic E-state index is 0.292. The van der Waals surface area contributed by atoms with E-state index in [4.69, 9.17) is 4.74 Å². The van der Waals surface area contributed by atoms with Crippen LogP contribution in [0.25, 0.3) is 0 Å². The van der Waals surface area contributed by atoms with Crippen molar-refractivity contribution in [2.24, 2.45) is 0 Å². The fraction of sp³-hybridized carbons (Fsp3) is 0.333. The predicted molar refractivity (Wildman–Crippen MR) is 50.1 cm³/mol. The number of hydrogen-bond donors (Lipinski definition) is 0. The van der Waals surface area contributed by atoms with E-state index in [-0.39, 0.29) is 8.80 Å². The molecule has 1 nitrogen and oxygen atoms in total. The lowest BCUT2D eigenvalue weighted by Crippen LogP contribution is -2.21. The second kappa shape index (κ2) is 3.58. The standard InChI is InChI=1S/C9H13OSi/c1-10-8-4-6-9(7-5-8)11(2)3/h4-7H,1-3H3/q+1. The highest BCUT2D eigenvalue weighted by atomic mass is 28.3. The molecule has 0 radical (unpaired) electrons. The van der Waals surface area contributed by atoms with Gasteiger partial charge in [0.2, 0.25) is 0 Å². The Morgan fingerprint density at radius 1 is 1.09 bits per heavy atom. The molecule has 0 unspecified atom stereocenters. The van der Waals surface area contributed by atoms with Gasteiger partial charge in [-0.25, -0.2) is 0 Å². The summed E-state index contributed by atoms with van der Waals surface area (Å²) in [6.45, 7) is 4.57. The number of benzene rings is 1. The highest BCUT2D eigenvalue weighted by Gasteiger charge is 2.14. The van der Waals surface area contributed by atoms with E-state index in [0.717, 1.165) is 5.75 Å². The molecule has 1 aromatic rings. The molecule has 11 heavy (non-hydrogen) atoms. The van der Waals surface area contributed by atoms with Crippen LogP contribution in [-0.4, -0.2) is 15.9 Å². The van der Waals surface area contributed by atoms with Gasteiger partial charge in [0.05, 0.1) is 25.4 Å². The van der Waals surface area contributed by atoms with Crippen LogP contribution in [0.5, 0.6) is 5.75 Å². The Balaban J connectivity index is 2.83. The molecule has 0 aromatic heterocycles. The third-order valence-corrected chi connectivity index (χ3v) is 3.16. The number of ether oxygens (including phenoxy) is 1. The van der Waals surface area contributed by atoms with Gasteiger partial charge in [-0.15, -0.1) is 0 Å². The molecular formula is C9H13OSi+. The van der Waals surface area contributed by atoms with Crippen molar-refractivity contribution < 1.29 is 4.74 Å². The van der Waals surface area contributed by atoms with E-state index in [9.17, 15) is 0 Å². The summed E-state index contributed by atoms with van der Waals surface area (Å²) in [5.41, 5.74) is 0. The smallest absolute Gasteiger partial charge is 0.345 e. The molecule has 0 aliphatic heterocycles. The van der Waals surface area contributed by atoms with Crippen molar-refractivity contribution in [3.63, 3.8) is 0 Å². The highest BCUT2D eigenvalue weighted by Crippen LogP contribution is 2.05. The molecule has 0 bridgehead atoms. The summed E-state index contributed by atoms with van der Waals surface area (Å²) in [5.74, 6) is 0.942. The largest absolute Gasteiger partial charge is 0.497 e. The van der Waals surface area contributed by atoms with Gasteiger partial charge in [-0.05, 0) is 24.3 Å². The molecule has 0 amide bonds. The van der Waals surface area contributed by atoms with Crippen LogP contribution in [0.15, 0.2) is 24.3 Å². The van der Waals surface area contributed by atoms with Crippen LogP contribution in [0.3, 0.4) is 0 Å². The summed E-state index contributed by atoms with van der Waals surface area (Å²) in [6, 6.07) is 8.33. The van der Waals surface area contributed by atoms with E-state index in [1.165, 1.54) is 5.19 Å². The van der Waals surface area contributed by atoms with Gasteiger partial charge in [0.15, 0.2) is 0 Å². The molecule has 0 atom stereocenters. The summed E-state index contributed by atoms with van der Waals surface area (Å²) in [4.78, 5) is 0. The fourth-order valence-electron chi connectivity index (χ4n) is 0.924. The first kappa shape index (κ1) is 8.33. The first-order chi connectivity index (χ1) is 5.24. The van der Waals surface area contributed by atoms with Crippen molar-refractivity contribution in [2.45, 2.75) is 13.1 Å². The Hall–Kier alpha value is -0.763. The topological polar surface area (TPSA) is 9.23 Å². The second-order valence-electron chi connectivity index (χ2n) is 2.73. The first-order valence-electron chi connectivity index (χ1n) is 3.68. The number of hydrogen-bond acceptors (Lipinski definition) is 1. The molecule has 0 heterocycles. The molecular weight excluding hydrogens is 152 g/mol. The van der Waals surface area contributed by atoms with E-state index >= 15 is 0 Å². The molecule has 0 saturated heterocycles. The van der Waals surface area contributed by atoms with Crippen molar-refractivity contribution in [1.29, 1.82) is 0 Å². The maximum atomic E-state index is 5.06. The predicted octanol–water partition coefficient (Wildman–Crippen LogP) is 1.66. The summed E-state index contributed by atoms with van der Waals surface area (Å²) < 4.78 is 5.06. The van der Waals surface area contributed by atoms with E-state index in [0.29, 0.717) is 0 Å². The van der Waals surface area contributed by atoms with Gasteiger partial charge in [0, 0.05) is 0 Å². The van der Waals surface area contributed by atoms with Gasteiger partial charge in [0.25, 0.3) is 0 Å². The van der Waals surface area contributed by atoms with E-state index in [1.807, 2.05) is 12.1 Å². The van der Waals surface area contributed by atoms with E-state index in [2.05, 4.69) is 25.2 Å². The monoisotopic (exact) mass is 165 g/mol. The Bertz CT molecular complexity index is 216. The Kier molecular flexibility index (Phi) is 2.71. The van der Waals surface area contributed by atoms with Crippen LogP contribution >= 0.6 is 0 Å². The minimum Gasteiger partial charge on any atom is -0.497 e. The Morgan fingerprint density at radius 3 is 2.00 bits per heavy atom. The lowest BCUT2D eigenvalue weighted by molar-refractivity contribution is 0.415. The normalized spacial score (nSPS) is 9.36. The molecule has 2 heteroatoms. The zero-order valence-corrected chi connectivity index (χ0v) is 8.22. The number of methoxy groups -OCH3 is 1. The quantitative estimate of drug-likeness (QED) is 0.606. The molecule has 1 rings (SSSR count). The fourth-order valence-corrected chi connectivity index (χ4v) is 1.76. The molecule has 58 valence electrons. The van der Waals surface area contributed by atoms with Crippen LogP contribution < -0.4 is 9.92 Å². The van der Waals surface area contributed by atoms with Crippen molar-refractivity contribution in [3.05, 3.63) is 24.3 Å². The van der Waals surface area contributed by atoms with Gasteiger partial charge < -0.3 is 4.74 Å². The summed E-state index contributed by atoms with van der Waals surface area (Å²) in [6.07, 6.45) is 0. The average Bonchev–Trinajstić information content (AvgIpc) is 2.05. The molecule has 0 saturated carbocycles. The molecule has 0 N–H and O–H groups in total. The van der Waals surface area contributed by atoms with Gasteiger partial charge in [-0.1, -0.05) is 0 Å². The van der Waals surface area contributed by atoms with Crippen molar-refractivity contribution in [1.82, 2.24) is 0 Å².